The normalized spacial score (nSPS) is 12.0. The third kappa shape index (κ3) is 7.14. The summed E-state index contributed by atoms with van der Waals surface area (Å²) >= 11 is 0. The van der Waals surface area contributed by atoms with Crippen LogP contribution in [0.2, 0.25) is 0 Å². The van der Waals surface area contributed by atoms with Gasteiger partial charge < -0.3 is 19.5 Å². The predicted molar refractivity (Wildman–Crippen MR) is 102 cm³/mol. The van der Waals surface area contributed by atoms with Crippen molar-refractivity contribution in [3.63, 3.8) is 0 Å². The van der Waals surface area contributed by atoms with Gasteiger partial charge in [-0.3, -0.25) is 9.59 Å². The second kappa shape index (κ2) is 12.4. The van der Waals surface area contributed by atoms with E-state index in [1.165, 1.54) is 33.5 Å². The fourth-order valence-corrected chi connectivity index (χ4v) is 2.61. The molecule has 0 aliphatic carbocycles. The molecule has 1 amide bonds. The number of benzene rings is 1. The van der Waals surface area contributed by atoms with Gasteiger partial charge in [-0.2, -0.15) is 0 Å². The minimum absolute atomic E-state index is 0.286. The average Bonchev–Trinajstić information content (AvgIpc) is 2.66. The molecule has 0 spiro atoms. The van der Waals surface area contributed by atoms with Crippen molar-refractivity contribution in [3.05, 3.63) is 23.8 Å². The minimum Gasteiger partial charge on any atom is -0.494 e. The molecule has 0 saturated heterocycles. The van der Waals surface area contributed by atoms with Crippen LogP contribution < -0.4 is 10.1 Å². The van der Waals surface area contributed by atoms with Crippen LogP contribution >= 0.6 is 0 Å². The lowest BCUT2D eigenvalue weighted by Crippen LogP contribution is -2.33. The lowest BCUT2D eigenvalue weighted by atomic mass is 10.1. The number of carbonyl (C=O) groups is 2. The van der Waals surface area contributed by atoms with Crippen molar-refractivity contribution in [2.75, 3.05) is 26.1 Å². The van der Waals surface area contributed by atoms with Crippen LogP contribution in [-0.4, -0.2) is 39.3 Å². The molecule has 6 nitrogen and oxygen atoms in total. The Morgan fingerprint density at radius 1 is 1.15 bits per heavy atom. The molecule has 6 heteroatoms. The van der Waals surface area contributed by atoms with E-state index in [4.69, 9.17) is 14.2 Å². The first-order valence-electron chi connectivity index (χ1n) is 9.15. The van der Waals surface area contributed by atoms with Gasteiger partial charge in [-0.1, -0.05) is 32.6 Å². The van der Waals surface area contributed by atoms with Gasteiger partial charge in [0.1, 0.15) is 5.75 Å². The molecule has 1 rings (SSSR count). The Hall–Kier alpha value is -1.92. The smallest absolute Gasteiger partial charge is 0.232 e. The number of methoxy groups -OCH3 is 2. The van der Waals surface area contributed by atoms with E-state index in [9.17, 15) is 9.59 Å². The van der Waals surface area contributed by atoms with E-state index in [-0.39, 0.29) is 5.91 Å². The summed E-state index contributed by atoms with van der Waals surface area (Å²) < 4.78 is 15.9. The predicted octanol–water partition coefficient (Wildman–Crippen LogP) is 4.04. The number of hydrogen-bond acceptors (Lipinski definition) is 5. The van der Waals surface area contributed by atoms with Crippen molar-refractivity contribution in [2.24, 2.45) is 5.92 Å². The lowest BCUT2D eigenvalue weighted by Gasteiger charge is -2.20. The lowest BCUT2D eigenvalue weighted by molar-refractivity contribution is -0.151. The number of unbranched alkanes of at least 4 members (excludes halogenated alkanes) is 4. The maximum Gasteiger partial charge on any atom is 0.232 e. The fourth-order valence-electron chi connectivity index (χ4n) is 2.61. The zero-order chi connectivity index (χ0) is 19.4. The third-order valence-corrected chi connectivity index (χ3v) is 4.21. The Labute approximate surface area is 156 Å². The Morgan fingerprint density at radius 2 is 1.85 bits per heavy atom. The van der Waals surface area contributed by atoms with E-state index < -0.39 is 12.2 Å². The molecule has 1 aromatic rings. The summed E-state index contributed by atoms with van der Waals surface area (Å²) in [4.78, 5) is 23.7. The topological polar surface area (TPSA) is 73.9 Å². The van der Waals surface area contributed by atoms with E-state index >= 15 is 0 Å². The Kier molecular flexibility index (Phi) is 10.6. The molecule has 0 aliphatic heterocycles. The molecular formula is C20H31NO5. The molecule has 0 radical (unpaired) electrons. The number of amides is 1. The van der Waals surface area contributed by atoms with Gasteiger partial charge in [0.05, 0.1) is 18.2 Å². The molecular weight excluding hydrogens is 334 g/mol. The Bertz CT molecular complexity index is 557. The van der Waals surface area contributed by atoms with Gasteiger partial charge in [0.2, 0.25) is 5.91 Å². The number of rotatable bonds is 13. The molecule has 0 aliphatic rings. The number of nitrogens with one attached hydrogen (secondary N) is 1. The summed E-state index contributed by atoms with van der Waals surface area (Å²) in [7, 11) is 2.95. The van der Waals surface area contributed by atoms with Crippen molar-refractivity contribution in [1.29, 1.82) is 0 Å². The summed E-state index contributed by atoms with van der Waals surface area (Å²) in [5.41, 5.74) is 0.818. The number of anilines is 1. The molecule has 1 unspecified atom stereocenters. The van der Waals surface area contributed by atoms with E-state index in [2.05, 4.69) is 12.2 Å². The van der Waals surface area contributed by atoms with Crippen molar-refractivity contribution in [1.82, 2.24) is 0 Å². The van der Waals surface area contributed by atoms with Gasteiger partial charge >= 0.3 is 0 Å². The van der Waals surface area contributed by atoms with E-state index in [0.29, 0.717) is 29.9 Å². The van der Waals surface area contributed by atoms with Crippen LogP contribution in [0, 0.1) is 5.92 Å². The number of ether oxygens (including phenoxy) is 3. The highest BCUT2D eigenvalue weighted by Gasteiger charge is 2.24. The van der Waals surface area contributed by atoms with Gasteiger partial charge in [0, 0.05) is 19.8 Å². The average molecular weight is 365 g/mol. The summed E-state index contributed by atoms with van der Waals surface area (Å²) in [6, 6.07) is 5.07. The van der Waals surface area contributed by atoms with Crippen molar-refractivity contribution < 1.29 is 23.8 Å². The molecule has 0 saturated carbocycles. The SMILES string of the molecule is CCCCCCCOc1ccc(NC(=O)C(C)C(OC)OC)c(C=O)c1. The largest absolute Gasteiger partial charge is 0.494 e. The maximum absolute atomic E-state index is 12.3. The maximum atomic E-state index is 12.3. The summed E-state index contributed by atoms with van der Waals surface area (Å²) in [6.45, 7) is 4.50. The van der Waals surface area contributed by atoms with Crippen LogP contribution in [0.1, 0.15) is 56.3 Å². The monoisotopic (exact) mass is 365 g/mol. The van der Waals surface area contributed by atoms with Crippen LogP contribution in [0.3, 0.4) is 0 Å². The molecule has 1 N–H and O–H groups in total. The highest BCUT2D eigenvalue weighted by molar-refractivity contribution is 5.97. The van der Waals surface area contributed by atoms with Gasteiger partial charge in [-0.05, 0) is 31.5 Å². The third-order valence-electron chi connectivity index (χ3n) is 4.21. The van der Waals surface area contributed by atoms with Gasteiger partial charge in [-0.15, -0.1) is 0 Å². The first kappa shape index (κ1) is 22.1. The first-order valence-corrected chi connectivity index (χ1v) is 9.15. The van der Waals surface area contributed by atoms with Crippen molar-refractivity contribution >= 4 is 17.9 Å². The molecule has 0 heterocycles. The number of aldehydes is 1. The molecule has 26 heavy (non-hydrogen) atoms. The number of carbonyl (C=O) groups excluding carboxylic acids is 2. The second-order valence-corrected chi connectivity index (χ2v) is 6.25. The molecule has 0 aromatic heterocycles. The van der Waals surface area contributed by atoms with Crippen molar-refractivity contribution in [2.45, 2.75) is 52.2 Å². The van der Waals surface area contributed by atoms with E-state index in [0.717, 1.165) is 12.8 Å². The van der Waals surface area contributed by atoms with Crippen LogP contribution in [0.5, 0.6) is 5.75 Å². The van der Waals surface area contributed by atoms with Crippen molar-refractivity contribution in [3.8, 4) is 5.75 Å². The molecule has 0 bridgehead atoms. The zero-order valence-corrected chi connectivity index (χ0v) is 16.2. The van der Waals surface area contributed by atoms with Crippen LogP contribution in [-0.2, 0) is 14.3 Å². The van der Waals surface area contributed by atoms with Crippen LogP contribution in [0.15, 0.2) is 18.2 Å². The highest BCUT2D eigenvalue weighted by atomic mass is 16.7. The van der Waals surface area contributed by atoms with Gasteiger partial charge in [0.25, 0.3) is 0 Å². The zero-order valence-electron chi connectivity index (χ0n) is 16.2. The number of hydrogen-bond donors (Lipinski definition) is 1. The van der Waals surface area contributed by atoms with Crippen LogP contribution in [0.25, 0.3) is 0 Å². The summed E-state index contributed by atoms with van der Waals surface area (Å²) in [5.74, 6) is -0.185. The highest BCUT2D eigenvalue weighted by Crippen LogP contribution is 2.22. The minimum atomic E-state index is -0.648. The Morgan fingerprint density at radius 3 is 2.46 bits per heavy atom. The molecule has 146 valence electrons. The Balaban J connectivity index is 2.62. The van der Waals surface area contributed by atoms with Gasteiger partial charge in [-0.25, -0.2) is 0 Å². The quantitative estimate of drug-likeness (QED) is 0.324. The summed E-state index contributed by atoms with van der Waals surface area (Å²) in [5, 5.41) is 2.74. The van der Waals surface area contributed by atoms with E-state index in [1.807, 2.05) is 0 Å². The van der Waals surface area contributed by atoms with Crippen LogP contribution in [0.4, 0.5) is 5.69 Å². The fraction of sp³-hybridized carbons (Fsp3) is 0.600. The summed E-state index contributed by atoms with van der Waals surface area (Å²) in [6.07, 6.45) is 5.86. The molecule has 1 aromatic carbocycles. The second-order valence-electron chi connectivity index (χ2n) is 6.25. The first-order chi connectivity index (χ1) is 12.6. The van der Waals surface area contributed by atoms with Gasteiger partial charge in [0.15, 0.2) is 12.6 Å². The molecule has 1 atom stereocenters. The molecule has 0 fully saturated rings. The van der Waals surface area contributed by atoms with E-state index in [1.54, 1.807) is 25.1 Å². The standard InChI is InChI=1S/C20H31NO5/c1-5-6-7-8-9-12-26-17-10-11-18(16(13-17)14-22)21-19(23)15(2)20(24-3)25-4/h10-11,13-15,20H,5-9,12H2,1-4H3,(H,21,23).